The fraction of sp³-hybridized carbons (Fsp3) is 0.303. The lowest BCUT2D eigenvalue weighted by Crippen LogP contribution is -2.54. The van der Waals surface area contributed by atoms with Gasteiger partial charge in [-0.25, -0.2) is 18.6 Å². The lowest BCUT2D eigenvalue weighted by molar-refractivity contribution is -0.126. The number of benzene rings is 1. The number of hydrogen-bond donors (Lipinski definition) is 0. The molecule has 1 aliphatic heterocycles. The highest BCUT2D eigenvalue weighted by molar-refractivity contribution is 5.95. The molecule has 6 rings (SSSR count). The number of carbonyl (C=O) groups is 1. The molecule has 5 aromatic rings. The summed E-state index contributed by atoms with van der Waals surface area (Å²) in [6, 6.07) is 7.32. The van der Waals surface area contributed by atoms with E-state index in [2.05, 4.69) is 21.5 Å². The Hall–Kier alpha value is -4.93. The Morgan fingerprint density at radius 2 is 1.95 bits per heavy atom. The molecule has 11 heteroatoms. The number of halogens is 2. The summed E-state index contributed by atoms with van der Waals surface area (Å²) >= 11 is 0. The average molecular weight is 599 g/mol. The van der Waals surface area contributed by atoms with E-state index in [0.29, 0.717) is 30.4 Å². The van der Waals surface area contributed by atoms with Crippen LogP contribution in [-0.2, 0) is 11.3 Å². The third kappa shape index (κ3) is 4.91. The van der Waals surface area contributed by atoms with Gasteiger partial charge in [0.2, 0.25) is 5.91 Å². The molecule has 1 amide bonds. The topological polar surface area (TPSA) is 97.4 Å². The van der Waals surface area contributed by atoms with Crippen LogP contribution in [0, 0.1) is 18.6 Å². The Bertz CT molecular complexity index is 2000. The summed E-state index contributed by atoms with van der Waals surface area (Å²) in [5.41, 5.74) is 1.88. The smallest absolute Gasteiger partial charge is 0.351 e. The van der Waals surface area contributed by atoms with Crippen LogP contribution in [0.25, 0.3) is 33.3 Å². The number of fused-ring (bicyclic) bond motifs is 2. The highest BCUT2D eigenvalue weighted by Gasteiger charge is 2.30. The Balaban J connectivity index is 1.60. The van der Waals surface area contributed by atoms with Crippen LogP contribution >= 0.6 is 0 Å². The van der Waals surface area contributed by atoms with Gasteiger partial charge >= 0.3 is 5.69 Å². The lowest BCUT2D eigenvalue weighted by Gasteiger charge is -2.40. The summed E-state index contributed by atoms with van der Waals surface area (Å²) in [4.78, 5) is 43.4. The first-order valence-corrected chi connectivity index (χ1v) is 14.5. The molecule has 1 saturated heterocycles. The van der Waals surface area contributed by atoms with Gasteiger partial charge in [-0.15, -0.1) is 0 Å². The molecule has 1 aliphatic rings. The number of piperazine rings is 1. The molecule has 9 nitrogen and oxygen atoms in total. The summed E-state index contributed by atoms with van der Waals surface area (Å²) in [5, 5.41) is 0.879. The van der Waals surface area contributed by atoms with E-state index in [0.717, 1.165) is 16.8 Å². The van der Waals surface area contributed by atoms with Crippen LogP contribution < -0.4 is 10.6 Å². The van der Waals surface area contributed by atoms with Crippen molar-refractivity contribution in [3.63, 3.8) is 0 Å². The van der Waals surface area contributed by atoms with E-state index >= 15 is 8.78 Å². The molecule has 1 aromatic carbocycles. The highest BCUT2D eigenvalue weighted by atomic mass is 19.1. The van der Waals surface area contributed by atoms with Crippen LogP contribution in [0.4, 0.5) is 14.6 Å². The van der Waals surface area contributed by atoms with Gasteiger partial charge in [-0.1, -0.05) is 20.4 Å². The zero-order valence-corrected chi connectivity index (χ0v) is 25.0. The van der Waals surface area contributed by atoms with Crippen molar-refractivity contribution in [3.8, 4) is 11.3 Å². The maximum absolute atomic E-state index is 16.1. The number of nitrogens with zero attached hydrogens (tertiary/aromatic N) is 6. The number of aromatic nitrogens is 4. The molecule has 1 atom stereocenters. The zero-order chi connectivity index (χ0) is 31.3. The van der Waals surface area contributed by atoms with Gasteiger partial charge in [0.05, 0.1) is 23.8 Å². The fourth-order valence-electron chi connectivity index (χ4n) is 5.99. The summed E-state index contributed by atoms with van der Waals surface area (Å²) < 4.78 is 38.4. The Morgan fingerprint density at radius 3 is 2.68 bits per heavy atom. The van der Waals surface area contributed by atoms with Gasteiger partial charge in [0.15, 0.2) is 5.82 Å². The number of aryl methyl sites for hydroxylation is 1. The van der Waals surface area contributed by atoms with Crippen molar-refractivity contribution < 1.29 is 18.0 Å². The van der Waals surface area contributed by atoms with E-state index < -0.39 is 17.3 Å². The van der Waals surface area contributed by atoms with Gasteiger partial charge in [-0.3, -0.25) is 14.3 Å². The predicted molar refractivity (Wildman–Crippen MR) is 165 cm³/mol. The number of pyridine rings is 2. The monoisotopic (exact) mass is 598 g/mol. The van der Waals surface area contributed by atoms with Crippen LogP contribution in [0.3, 0.4) is 0 Å². The molecule has 0 spiro atoms. The Kier molecular flexibility index (Phi) is 7.48. The zero-order valence-electron chi connectivity index (χ0n) is 25.0. The van der Waals surface area contributed by atoms with E-state index in [1.54, 1.807) is 23.2 Å². The van der Waals surface area contributed by atoms with E-state index in [1.807, 2.05) is 38.7 Å². The minimum Gasteiger partial charge on any atom is -0.464 e. The molecular weight excluding hydrogens is 566 g/mol. The van der Waals surface area contributed by atoms with Gasteiger partial charge in [-0.05, 0) is 67.3 Å². The molecule has 0 radical (unpaired) electrons. The number of rotatable bonds is 6. The third-order valence-corrected chi connectivity index (χ3v) is 8.26. The Labute approximate surface area is 252 Å². The highest BCUT2D eigenvalue weighted by Crippen LogP contribution is 2.36. The first-order valence-electron chi connectivity index (χ1n) is 14.5. The van der Waals surface area contributed by atoms with Crippen LogP contribution in [0.2, 0.25) is 0 Å². The number of hydrogen-bond acceptors (Lipinski definition) is 7. The molecule has 0 bridgehead atoms. The van der Waals surface area contributed by atoms with Crippen molar-refractivity contribution in [1.82, 2.24) is 24.4 Å². The van der Waals surface area contributed by atoms with Crippen molar-refractivity contribution in [2.75, 3.05) is 24.5 Å². The number of amides is 1. The SMILES string of the molecule is C=CC(=O)N1CCN(c2nc(=O)n(Cc3c(C)ccnc3C(C)C)c3nc(-c4c(F)ccc5ccoc45)c(F)cc23)[C@@H](C)C1. The van der Waals surface area contributed by atoms with Gasteiger partial charge in [0.1, 0.15) is 28.6 Å². The largest absolute Gasteiger partial charge is 0.464 e. The van der Waals surface area contributed by atoms with Crippen LogP contribution in [0.15, 0.2) is 64.7 Å². The minimum atomic E-state index is -0.790. The fourth-order valence-corrected chi connectivity index (χ4v) is 5.99. The molecule has 226 valence electrons. The molecule has 0 unspecified atom stereocenters. The molecular formula is C33H32F2N6O3. The van der Waals surface area contributed by atoms with Crippen LogP contribution in [0.5, 0.6) is 0 Å². The molecule has 0 N–H and O–H groups in total. The molecule has 4 aromatic heterocycles. The number of furan rings is 1. The summed E-state index contributed by atoms with van der Waals surface area (Å²) in [6.07, 6.45) is 4.40. The van der Waals surface area contributed by atoms with Crippen molar-refractivity contribution in [3.05, 3.63) is 94.4 Å². The molecule has 5 heterocycles. The second-order valence-electron chi connectivity index (χ2n) is 11.4. The number of carbonyl (C=O) groups excluding carboxylic acids is 1. The van der Waals surface area contributed by atoms with Gasteiger partial charge in [0.25, 0.3) is 0 Å². The standard InChI is InChI=1S/C33H32F2N6O3/c1-6-26(42)39-12-13-40(20(5)16-39)32-22-15-25(35)29(27-24(34)8-7-21-10-14-44-30(21)27)37-31(22)41(33(43)38-32)17-23-19(4)9-11-36-28(23)18(2)3/h6-11,14-15,18,20H,1,12-13,16-17H2,2-5H3/t20-/m0/s1. The van der Waals surface area contributed by atoms with Crippen LogP contribution in [-0.4, -0.2) is 56.0 Å². The first kappa shape index (κ1) is 29.2. The molecule has 44 heavy (non-hydrogen) atoms. The van der Waals surface area contributed by atoms with Crippen molar-refractivity contribution in [2.24, 2.45) is 0 Å². The van der Waals surface area contributed by atoms with Crippen molar-refractivity contribution in [1.29, 1.82) is 0 Å². The number of anilines is 1. The molecule has 0 aliphatic carbocycles. The normalized spacial score (nSPS) is 15.5. The van der Waals surface area contributed by atoms with Gasteiger partial charge < -0.3 is 14.2 Å². The summed E-state index contributed by atoms with van der Waals surface area (Å²) in [5.74, 6) is -1.36. The van der Waals surface area contributed by atoms with E-state index in [9.17, 15) is 9.59 Å². The maximum Gasteiger partial charge on any atom is 0.351 e. The quantitative estimate of drug-likeness (QED) is 0.235. The molecule has 1 fully saturated rings. The Morgan fingerprint density at radius 1 is 1.16 bits per heavy atom. The third-order valence-electron chi connectivity index (χ3n) is 8.26. The maximum atomic E-state index is 16.1. The van der Waals surface area contributed by atoms with E-state index in [-0.39, 0.29) is 52.7 Å². The lowest BCUT2D eigenvalue weighted by atomic mass is 9.99. The predicted octanol–water partition coefficient (Wildman–Crippen LogP) is 5.58. The second kappa shape index (κ2) is 11.3. The summed E-state index contributed by atoms with van der Waals surface area (Å²) in [6.45, 7) is 12.6. The van der Waals surface area contributed by atoms with Crippen molar-refractivity contribution in [2.45, 2.75) is 46.2 Å². The van der Waals surface area contributed by atoms with E-state index in [1.165, 1.54) is 29.0 Å². The minimum absolute atomic E-state index is 0.0705. The van der Waals surface area contributed by atoms with Crippen molar-refractivity contribution >= 4 is 33.7 Å². The van der Waals surface area contributed by atoms with E-state index in [4.69, 9.17) is 4.42 Å². The summed E-state index contributed by atoms with van der Waals surface area (Å²) in [7, 11) is 0. The first-order chi connectivity index (χ1) is 21.1. The molecule has 0 saturated carbocycles. The van der Waals surface area contributed by atoms with Gasteiger partial charge in [0, 0.05) is 43.0 Å². The van der Waals surface area contributed by atoms with Crippen LogP contribution in [0.1, 0.15) is 43.5 Å². The average Bonchev–Trinajstić information content (AvgIpc) is 3.47. The van der Waals surface area contributed by atoms with Gasteiger partial charge in [-0.2, -0.15) is 4.98 Å². The second-order valence-corrected chi connectivity index (χ2v) is 11.4.